The first-order chi connectivity index (χ1) is 6.78. The molecule has 4 heteroatoms. The van der Waals surface area contributed by atoms with Crippen LogP contribution in [-0.4, -0.2) is 44.1 Å². The Bertz CT molecular complexity index is 119. The minimum Gasteiger partial charge on any atom is -0.395 e. The zero-order chi connectivity index (χ0) is 10.8. The minimum absolute atomic E-state index is 0.174. The molecule has 0 aromatic rings. The molecule has 0 aliphatic heterocycles. The van der Waals surface area contributed by atoms with Crippen molar-refractivity contribution in [2.24, 2.45) is 5.73 Å². The molecule has 4 nitrogen and oxygen atoms in total. The van der Waals surface area contributed by atoms with Gasteiger partial charge in [0.15, 0.2) is 0 Å². The van der Waals surface area contributed by atoms with Crippen LogP contribution >= 0.6 is 0 Å². The second kappa shape index (κ2) is 9.40. The van der Waals surface area contributed by atoms with E-state index in [1.165, 1.54) is 0 Å². The Morgan fingerprint density at radius 3 is 2.57 bits per heavy atom. The molecule has 0 aliphatic rings. The Labute approximate surface area is 86.8 Å². The van der Waals surface area contributed by atoms with Gasteiger partial charge in [-0.05, 0) is 25.8 Å². The third-order valence-electron chi connectivity index (χ3n) is 2.31. The summed E-state index contributed by atoms with van der Waals surface area (Å²) in [4.78, 5) is 0. The summed E-state index contributed by atoms with van der Waals surface area (Å²) in [6.07, 6.45) is 2.92. The molecule has 0 rings (SSSR count). The fourth-order valence-electron chi connectivity index (χ4n) is 1.41. The lowest BCUT2D eigenvalue weighted by atomic mass is 10.1. The highest BCUT2D eigenvalue weighted by atomic mass is 16.5. The molecular formula is C10H24N2O2. The summed E-state index contributed by atoms with van der Waals surface area (Å²) in [7, 11) is 1.69. The predicted molar refractivity (Wildman–Crippen MR) is 58.3 cm³/mol. The quantitative estimate of drug-likeness (QED) is 0.498. The summed E-state index contributed by atoms with van der Waals surface area (Å²) in [5, 5.41) is 12.4. The molecule has 0 aromatic heterocycles. The van der Waals surface area contributed by atoms with Crippen LogP contribution in [0.3, 0.4) is 0 Å². The largest absolute Gasteiger partial charge is 0.395 e. The average Bonchev–Trinajstić information content (AvgIpc) is 2.22. The number of hydrogen-bond acceptors (Lipinski definition) is 4. The molecule has 0 saturated heterocycles. The zero-order valence-corrected chi connectivity index (χ0v) is 9.33. The fourth-order valence-corrected chi connectivity index (χ4v) is 1.41. The van der Waals surface area contributed by atoms with Crippen LogP contribution in [0.25, 0.3) is 0 Å². The van der Waals surface area contributed by atoms with Gasteiger partial charge in [0.25, 0.3) is 0 Å². The van der Waals surface area contributed by atoms with Gasteiger partial charge in [0.1, 0.15) is 0 Å². The molecule has 0 aliphatic carbocycles. The van der Waals surface area contributed by atoms with Crippen LogP contribution in [0.5, 0.6) is 0 Å². The van der Waals surface area contributed by atoms with Crippen molar-refractivity contribution in [3.63, 3.8) is 0 Å². The molecule has 2 atom stereocenters. The number of nitrogens with two attached hydrogens (primary N) is 1. The van der Waals surface area contributed by atoms with Crippen molar-refractivity contribution in [2.75, 3.05) is 26.9 Å². The topological polar surface area (TPSA) is 67.5 Å². The third-order valence-corrected chi connectivity index (χ3v) is 2.31. The summed E-state index contributed by atoms with van der Waals surface area (Å²) in [6.45, 7) is 3.62. The van der Waals surface area contributed by atoms with E-state index in [2.05, 4.69) is 12.2 Å². The van der Waals surface area contributed by atoms with E-state index in [0.717, 1.165) is 19.3 Å². The van der Waals surface area contributed by atoms with Crippen molar-refractivity contribution in [2.45, 2.75) is 38.3 Å². The van der Waals surface area contributed by atoms with Gasteiger partial charge in [0, 0.05) is 19.2 Å². The molecule has 4 N–H and O–H groups in total. The van der Waals surface area contributed by atoms with Gasteiger partial charge in [0.2, 0.25) is 0 Å². The van der Waals surface area contributed by atoms with Crippen molar-refractivity contribution in [3.05, 3.63) is 0 Å². The van der Waals surface area contributed by atoms with Crippen molar-refractivity contribution in [1.29, 1.82) is 0 Å². The lowest BCUT2D eigenvalue weighted by Gasteiger charge is -2.23. The molecule has 0 bridgehead atoms. The standard InChI is InChI=1S/C10H24N2O2/c1-3-9(7-13)12-10(8-14-2)5-4-6-11/h9-10,12-13H,3-8,11H2,1-2H3. The number of aliphatic hydroxyl groups is 1. The number of rotatable bonds is 9. The SMILES string of the molecule is CCC(CO)NC(CCCN)COC. The van der Waals surface area contributed by atoms with Crippen LogP contribution in [0.1, 0.15) is 26.2 Å². The number of ether oxygens (including phenoxy) is 1. The monoisotopic (exact) mass is 204 g/mol. The second-order valence-electron chi connectivity index (χ2n) is 3.54. The number of nitrogens with one attached hydrogen (secondary N) is 1. The maximum atomic E-state index is 9.04. The maximum Gasteiger partial charge on any atom is 0.0615 e. The number of hydrogen-bond donors (Lipinski definition) is 3. The Morgan fingerprint density at radius 1 is 1.43 bits per heavy atom. The van der Waals surface area contributed by atoms with Crippen LogP contribution in [0.2, 0.25) is 0 Å². The lowest BCUT2D eigenvalue weighted by molar-refractivity contribution is 0.142. The zero-order valence-electron chi connectivity index (χ0n) is 9.33. The molecule has 0 heterocycles. The molecule has 2 unspecified atom stereocenters. The first-order valence-corrected chi connectivity index (χ1v) is 5.34. The first-order valence-electron chi connectivity index (χ1n) is 5.34. The second-order valence-corrected chi connectivity index (χ2v) is 3.54. The Hall–Kier alpha value is -0.160. The van der Waals surface area contributed by atoms with Crippen molar-refractivity contribution < 1.29 is 9.84 Å². The van der Waals surface area contributed by atoms with Gasteiger partial charge in [-0.15, -0.1) is 0 Å². The molecule has 0 fully saturated rings. The molecule has 0 aromatic carbocycles. The summed E-state index contributed by atoms with van der Waals surface area (Å²) < 4.78 is 5.11. The predicted octanol–water partition coefficient (Wildman–Crippen LogP) is 0.101. The molecule has 0 spiro atoms. The summed E-state index contributed by atoms with van der Waals surface area (Å²) in [5.41, 5.74) is 5.45. The van der Waals surface area contributed by atoms with Crippen LogP contribution in [-0.2, 0) is 4.74 Å². The van der Waals surface area contributed by atoms with E-state index in [1.807, 2.05) is 0 Å². The van der Waals surface area contributed by atoms with E-state index >= 15 is 0 Å². The highest BCUT2D eigenvalue weighted by Crippen LogP contribution is 2.00. The summed E-state index contributed by atoms with van der Waals surface area (Å²) in [6, 6.07) is 0.480. The highest BCUT2D eigenvalue weighted by Gasteiger charge is 2.12. The van der Waals surface area contributed by atoms with Crippen molar-refractivity contribution >= 4 is 0 Å². The summed E-state index contributed by atoms with van der Waals surface area (Å²) >= 11 is 0. The first kappa shape index (κ1) is 13.8. The Morgan fingerprint density at radius 2 is 2.14 bits per heavy atom. The normalized spacial score (nSPS) is 15.4. The average molecular weight is 204 g/mol. The summed E-state index contributed by atoms with van der Waals surface area (Å²) in [5.74, 6) is 0. The van der Waals surface area contributed by atoms with Crippen LogP contribution in [0.4, 0.5) is 0 Å². The Kier molecular flexibility index (Phi) is 9.29. The number of methoxy groups -OCH3 is 1. The Balaban J connectivity index is 3.80. The third kappa shape index (κ3) is 6.32. The maximum absolute atomic E-state index is 9.04. The van der Waals surface area contributed by atoms with Gasteiger partial charge in [-0.25, -0.2) is 0 Å². The van der Waals surface area contributed by atoms with E-state index < -0.39 is 0 Å². The van der Waals surface area contributed by atoms with Gasteiger partial charge in [0.05, 0.1) is 13.2 Å². The molecule has 0 amide bonds. The van der Waals surface area contributed by atoms with E-state index in [1.54, 1.807) is 7.11 Å². The van der Waals surface area contributed by atoms with E-state index in [9.17, 15) is 0 Å². The van der Waals surface area contributed by atoms with Crippen LogP contribution < -0.4 is 11.1 Å². The molecular weight excluding hydrogens is 180 g/mol. The van der Waals surface area contributed by atoms with Crippen molar-refractivity contribution in [1.82, 2.24) is 5.32 Å². The highest BCUT2D eigenvalue weighted by molar-refractivity contribution is 4.72. The molecule has 14 heavy (non-hydrogen) atoms. The van der Waals surface area contributed by atoms with E-state index in [4.69, 9.17) is 15.6 Å². The van der Waals surface area contributed by atoms with Crippen LogP contribution in [0, 0.1) is 0 Å². The number of aliphatic hydroxyl groups excluding tert-OH is 1. The van der Waals surface area contributed by atoms with E-state index in [-0.39, 0.29) is 12.6 Å². The van der Waals surface area contributed by atoms with Gasteiger partial charge in [-0.1, -0.05) is 6.92 Å². The van der Waals surface area contributed by atoms with Crippen molar-refractivity contribution in [3.8, 4) is 0 Å². The van der Waals surface area contributed by atoms with Crippen LogP contribution in [0.15, 0.2) is 0 Å². The van der Waals surface area contributed by atoms with Gasteiger partial charge < -0.3 is 20.9 Å². The lowest BCUT2D eigenvalue weighted by Crippen LogP contribution is -2.42. The van der Waals surface area contributed by atoms with Gasteiger partial charge in [-0.3, -0.25) is 0 Å². The molecule has 0 saturated carbocycles. The van der Waals surface area contributed by atoms with Gasteiger partial charge in [-0.2, -0.15) is 0 Å². The molecule has 86 valence electrons. The smallest absolute Gasteiger partial charge is 0.0615 e. The van der Waals surface area contributed by atoms with E-state index in [0.29, 0.717) is 19.2 Å². The minimum atomic E-state index is 0.174. The van der Waals surface area contributed by atoms with Gasteiger partial charge >= 0.3 is 0 Å². The molecule has 0 radical (unpaired) electrons. The fraction of sp³-hybridized carbons (Fsp3) is 1.00.